The van der Waals surface area contributed by atoms with E-state index >= 15 is 0 Å². The van der Waals surface area contributed by atoms with E-state index in [0.29, 0.717) is 15.6 Å². The number of nitrogens with one attached hydrogen (secondary N) is 1. The van der Waals surface area contributed by atoms with Crippen LogP contribution in [-0.2, 0) is 4.79 Å². The van der Waals surface area contributed by atoms with Crippen LogP contribution < -0.4 is 5.32 Å². The van der Waals surface area contributed by atoms with Crippen molar-refractivity contribution in [1.82, 2.24) is 5.32 Å². The van der Waals surface area contributed by atoms with Gasteiger partial charge in [0, 0.05) is 22.7 Å². The molecule has 2 N–H and O–H groups in total. The molecule has 0 aliphatic heterocycles. The van der Waals surface area contributed by atoms with Crippen molar-refractivity contribution in [2.75, 3.05) is 6.54 Å². The molecule has 0 heterocycles. The van der Waals surface area contributed by atoms with Crippen LogP contribution in [0.5, 0.6) is 0 Å². The Morgan fingerprint density at radius 1 is 1.32 bits per heavy atom. The second-order valence-corrected chi connectivity index (χ2v) is 4.56. The molecule has 1 aromatic carbocycles. The second-order valence-electron chi connectivity index (χ2n) is 3.68. The number of aliphatic hydroxyl groups is 1. The van der Waals surface area contributed by atoms with Crippen molar-refractivity contribution < 1.29 is 18.7 Å². The molecule has 3 nitrogen and oxygen atoms in total. The van der Waals surface area contributed by atoms with Crippen LogP contribution in [0.4, 0.5) is 8.78 Å². The first-order chi connectivity index (χ1) is 8.88. The zero-order chi connectivity index (χ0) is 14.4. The molecular weight excluding hydrogens is 299 g/mol. The van der Waals surface area contributed by atoms with Gasteiger partial charge in [0.1, 0.15) is 6.10 Å². The van der Waals surface area contributed by atoms with E-state index in [1.165, 1.54) is 6.08 Å². The number of carbonyl (C=O) groups is 1. The van der Waals surface area contributed by atoms with E-state index in [2.05, 4.69) is 5.32 Å². The molecule has 104 valence electrons. The fourth-order valence-corrected chi connectivity index (χ4v) is 1.74. The van der Waals surface area contributed by atoms with Gasteiger partial charge in [0.2, 0.25) is 5.91 Å². The molecule has 0 aliphatic rings. The highest BCUT2D eigenvalue weighted by molar-refractivity contribution is 6.34. The third-order valence-corrected chi connectivity index (χ3v) is 2.52. The van der Waals surface area contributed by atoms with Gasteiger partial charge in [-0.1, -0.05) is 23.2 Å². The van der Waals surface area contributed by atoms with E-state index < -0.39 is 25.0 Å². The Labute approximate surface area is 118 Å². The number of rotatable bonds is 5. The predicted octanol–water partition coefficient (Wildman–Crippen LogP) is 2.75. The minimum absolute atomic E-state index is 0.417. The Hall–Kier alpha value is -1.17. The molecular formula is C12H11Cl2F2NO2. The SMILES string of the molecule is O=C(/C=C/c1cc(Cl)cc(Cl)c1)NCC(O)C(F)F. The maximum atomic E-state index is 12.0. The van der Waals surface area contributed by atoms with E-state index in [1.807, 2.05) is 0 Å². The van der Waals surface area contributed by atoms with Crippen molar-refractivity contribution >= 4 is 35.2 Å². The highest BCUT2D eigenvalue weighted by atomic mass is 35.5. The molecule has 0 spiro atoms. The molecule has 0 saturated carbocycles. The zero-order valence-electron chi connectivity index (χ0n) is 9.62. The van der Waals surface area contributed by atoms with Crippen LogP contribution in [0.3, 0.4) is 0 Å². The number of hydrogen-bond donors (Lipinski definition) is 2. The molecule has 1 atom stereocenters. The molecule has 0 radical (unpaired) electrons. The third-order valence-electron chi connectivity index (χ3n) is 2.09. The molecule has 0 aromatic heterocycles. The second kappa shape index (κ2) is 7.43. The zero-order valence-corrected chi connectivity index (χ0v) is 11.1. The topological polar surface area (TPSA) is 49.3 Å². The summed E-state index contributed by atoms with van der Waals surface area (Å²) in [7, 11) is 0. The smallest absolute Gasteiger partial charge is 0.265 e. The number of amides is 1. The number of hydrogen-bond acceptors (Lipinski definition) is 2. The van der Waals surface area contributed by atoms with Crippen molar-refractivity contribution in [2.24, 2.45) is 0 Å². The molecule has 1 rings (SSSR count). The van der Waals surface area contributed by atoms with Crippen LogP contribution in [0.2, 0.25) is 10.0 Å². The lowest BCUT2D eigenvalue weighted by atomic mass is 10.2. The quantitative estimate of drug-likeness (QED) is 0.822. The van der Waals surface area contributed by atoms with Gasteiger partial charge in [-0.2, -0.15) is 0 Å². The van der Waals surface area contributed by atoms with Crippen LogP contribution >= 0.6 is 23.2 Å². The minimum atomic E-state index is -2.89. The van der Waals surface area contributed by atoms with Crippen LogP contribution in [0, 0.1) is 0 Å². The van der Waals surface area contributed by atoms with Crippen LogP contribution in [-0.4, -0.2) is 30.1 Å². The lowest BCUT2D eigenvalue weighted by Gasteiger charge is -2.08. The Morgan fingerprint density at radius 2 is 1.89 bits per heavy atom. The molecule has 0 aliphatic carbocycles. The van der Waals surface area contributed by atoms with Crippen molar-refractivity contribution in [3.8, 4) is 0 Å². The molecule has 0 fully saturated rings. The van der Waals surface area contributed by atoms with E-state index in [1.54, 1.807) is 18.2 Å². The number of benzene rings is 1. The van der Waals surface area contributed by atoms with Crippen molar-refractivity contribution in [3.05, 3.63) is 39.9 Å². The van der Waals surface area contributed by atoms with Gasteiger partial charge < -0.3 is 10.4 Å². The summed E-state index contributed by atoms with van der Waals surface area (Å²) in [5.74, 6) is -0.601. The summed E-state index contributed by atoms with van der Waals surface area (Å²) in [6, 6.07) is 4.72. The predicted molar refractivity (Wildman–Crippen MR) is 70.5 cm³/mol. The van der Waals surface area contributed by atoms with Gasteiger partial charge in [-0.15, -0.1) is 0 Å². The standard InChI is InChI=1S/C12H11Cl2F2NO2/c13-8-3-7(4-9(14)5-8)1-2-11(19)17-6-10(18)12(15)16/h1-5,10,12,18H,6H2,(H,17,19)/b2-1+. The number of aliphatic hydroxyl groups excluding tert-OH is 1. The highest BCUT2D eigenvalue weighted by Gasteiger charge is 2.16. The Morgan fingerprint density at radius 3 is 2.42 bits per heavy atom. The van der Waals surface area contributed by atoms with E-state index in [9.17, 15) is 13.6 Å². The maximum absolute atomic E-state index is 12.0. The van der Waals surface area contributed by atoms with Gasteiger partial charge in [0.15, 0.2) is 0 Å². The van der Waals surface area contributed by atoms with Gasteiger partial charge in [-0.3, -0.25) is 4.79 Å². The van der Waals surface area contributed by atoms with Gasteiger partial charge >= 0.3 is 0 Å². The average molecular weight is 310 g/mol. The average Bonchev–Trinajstić information content (AvgIpc) is 2.32. The largest absolute Gasteiger partial charge is 0.385 e. The van der Waals surface area contributed by atoms with Crippen molar-refractivity contribution in [3.63, 3.8) is 0 Å². The summed E-state index contributed by atoms with van der Waals surface area (Å²) >= 11 is 11.5. The fourth-order valence-electron chi connectivity index (χ4n) is 1.20. The minimum Gasteiger partial charge on any atom is -0.385 e. The summed E-state index contributed by atoms with van der Waals surface area (Å²) in [5.41, 5.74) is 0.599. The van der Waals surface area contributed by atoms with Gasteiger partial charge in [-0.05, 0) is 29.8 Å². The molecule has 1 amide bonds. The summed E-state index contributed by atoms with van der Waals surface area (Å²) in [5, 5.41) is 11.8. The summed E-state index contributed by atoms with van der Waals surface area (Å²) < 4.78 is 23.9. The van der Waals surface area contributed by atoms with E-state index in [4.69, 9.17) is 28.3 Å². The first-order valence-electron chi connectivity index (χ1n) is 5.26. The van der Waals surface area contributed by atoms with Gasteiger partial charge in [0.05, 0.1) is 0 Å². The molecule has 1 unspecified atom stereocenters. The number of alkyl halides is 2. The molecule has 1 aromatic rings. The first kappa shape index (κ1) is 15.9. The molecule has 0 bridgehead atoms. The molecule has 0 saturated heterocycles. The summed E-state index contributed by atoms with van der Waals surface area (Å²) in [6.07, 6.45) is -2.20. The van der Waals surface area contributed by atoms with Crippen molar-refractivity contribution in [2.45, 2.75) is 12.5 Å². The Balaban J connectivity index is 2.54. The fraction of sp³-hybridized carbons (Fsp3) is 0.250. The van der Waals surface area contributed by atoms with Crippen LogP contribution in [0.15, 0.2) is 24.3 Å². The number of carbonyl (C=O) groups excluding carboxylic acids is 1. The molecule has 19 heavy (non-hydrogen) atoms. The van der Waals surface area contributed by atoms with Crippen LogP contribution in [0.25, 0.3) is 6.08 Å². The normalized spacial score (nSPS) is 12.9. The van der Waals surface area contributed by atoms with Crippen LogP contribution in [0.1, 0.15) is 5.56 Å². The van der Waals surface area contributed by atoms with Gasteiger partial charge in [0.25, 0.3) is 6.43 Å². The maximum Gasteiger partial charge on any atom is 0.265 e. The first-order valence-corrected chi connectivity index (χ1v) is 6.02. The highest BCUT2D eigenvalue weighted by Crippen LogP contribution is 2.19. The van der Waals surface area contributed by atoms with Crippen molar-refractivity contribution in [1.29, 1.82) is 0 Å². The monoisotopic (exact) mass is 309 g/mol. The lowest BCUT2D eigenvalue weighted by molar-refractivity contribution is -0.117. The Bertz CT molecular complexity index is 461. The third kappa shape index (κ3) is 6.00. The van der Waals surface area contributed by atoms with Gasteiger partial charge in [-0.25, -0.2) is 8.78 Å². The van der Waals surface area contributed by atoms with E-state index in [-0.39, 0.29) is 0 Å². The Kier molecular flexibility index (Phi) is 6.21. The summed E-state index contributed by atoms with van der Waals surface area (Å²) in [6.45, 7) is -0.517. The number of halogens is 4. The lowest BCUT2D eigenvalue weighted by Crippen LogP contribution is -2.34. The van der Waals surface area contributed by atoms with E-state index in [0.717, 1.165) is 6.08 Å². The summed E-state index contributed by atoms with van der Waals surface area (Å²) in [4.78, 5) is 11.3. The molecule has 7 heteroatoms.